The molecule has 2 fully saturated rings. The number of alkyl halides is 2. The molecule has 1 saturated heterocycles. The number of anilines is 1. The highest BCUT2D eigenvalue weighted by molar-refractivity contribution is 6.53. The Hall–Kier alpha value is -1.74. The van der Waals surface area contributed by atoms with Gasteiger partial charge in [0.2, 0.25) is 5.91 Å². The van der Waals surface area contributed by atoms with Gasteiger partial charge in [-0.2, -0.15) is 0 Å². The fourth-order valence-electron chi connectivity index (χ4n) is 3.88. The Morgan fingerprint density at radius 3 is 2.41 bits per heavy atom. The number of nitrogens with one attached hydrogen (secondary N) is 2. The summed E-state index contributed by atoms with van der Waals surface area (Å²) in [5.74, 6) is -2.66. The second-order valence-corrected chi connectivity index (χ2v) is 10.6. The molecule has 2 aromatic rings. The van der Waals surface area contributed by atoms with Crippen LogP contribution in [0.1, 0.15) is 28.8 Å². The first-order valence-electron chi connectivity index (χ1n) is 10.2. The Bertz CT molecular complexity index is 1150. The number of likely N-dealkylation sites (N-methyl/N-ethyl adjacent to an activating group) is 1. The van der Waals surface area contributed by atoms with Crippen LogP contribution < -0.4 is 10.6 Å². The quantitative estimate of drug-likeness (QED) is 0.479. The van der Waals surface area contributed by atoms with Crippen LogP contribution in [0.2, 0.25) is 15.1 Å². The number of hydrogen-bond donors (Lipinski definition) is 2. The minimum atomic E-state index is -1.35. The molecule has 7 nitrogen and oxygen atoms in total. The molecular weight excluding hydrogens is 548 g/mol. The Balaban J connectivity index is 1.47. The molecule has 180 valence electrons. The third-order valence-electron chi connectivity index (χ3n) is 5.59. The lowest BCUT2D eigenvalue weighted by Gasteiger charge is -2.13. The van der Waals surface area contributed by atoms with E-state index in [9.17, 15) is 14.4 Å². The highest BCUT2D eigenvalue weighted by Gasteiger charge is 2.67. The van der Waals surface area contributed by atoms with Crippen LogP contribution in [-0.4, -0.2) is 46.3 Å². The SMILES string of the molecule is CCN1OC[C@@H](NC(=O)c2cc(NC(=O)C3C(c4cc(Cl)cc(Cl)c4)C3(Cl)Cl)ccc2Cl)C1=O. The average Bonchev–Trinajstić information content (AvgIpc) is 3.18. The standard InChI is InChI=1S/C22H18Cl5N3O4/c1-2-30-21(33)16(9-34-30)29-19(31)14-8-13(3-4-15(14)25)28-20(32)18-17(22(18,26)27)10-5-11(23)7-12(24)6-10/h3-8,16-18H,2,9H2,1H3,(H,28,32)(H,29,31)/t16-,17?,18?/m1/s1. The summed E-state index contributed by atoms with van der Waals surface area (Å²) in [6.07, 6.45) is 0. The van der Waals surface area contributed by atoms with Gasteiger partial charge in [-0.15, -0.1) is 23.2 Å². The van der Waals surface area contributed by atoms with Crippen molar-refractivity contribution in [1.29, 1.82) is 0 Å². The van der Waals surface area contributed by atoms with Crippen LogP contribution in [0.4, 0.5) is 5.69 Å². The maximum atomic E-state index is 13.0. The summed E-state index contributed by atoms with van der Waals surface area (Å²) in [6.45, 7) is 2.14. The number of nitrogens with zero attached hydrogens (tertiary/aromatic N) is 1. The van der Waals surface area contributed by atoms with E-state index >= 15 is 0 Å². The third kappa shape index (κ3) is 4.96. The van der Waals surface area contributed by atoms with E-state index in [-0.39, 0.29) is 23.1 Å². The van der Waals surface area contributed by atoms with E-state index < -0.39 is 34.0 Å². The molecule has 12 heteroatoms. The highest BCUT2D eigenvalue weighted by Crippen LogP contribution is 2.65. The van der Waals surface area contributed by atoms with Crippen LogP contribution in [0, 0.1) is 5.92 Å². The molecule has 0 spiro atoms. The number of halogens is 5. The normalized spacial score (nSPS) is 23.1. The fraction of sp³-hybridized carbons (Fsp3) is 0.318. The summed E-state index contributed by atoms with van der Waals surface area (Å²) >= 11 is 31.1. The van der Waals surface area contributed by atoms with Crippen molar-refractivity contribution >= 4 is 81.4 Å². The molecule has 0 bridgehead atoms. The van der Waals surface area contributed by atoms with Gasteiger partial charge in [-0.3, -0.25) is 19.2 Å². The molecule has 34 heavy (non-hydrogen) atoms. The Morgan fingerprint density at radius 2 is 1.79 bits per heavy atom. The van der Waals surface area contributed by atoms with E-state index in [4.69, 9.17) is 62.8 Å². The minimum absolute atomic E-state index is 0.0244. The minimum Gasteiger partial charge on any atom is -0.338 e. The molecule has 1 saturated carbocycles. The smallest absolute Gasteiger partial charge is 0.271 e. The van der Waals surface area contributed by atoms with Crippen LogP contribution in [0.3, 0.4) is 0 Å². The summed E-state index contributed by atoms with van der Waals surface area (Å²) in [5, 5.41) is 7.44. The zero-order chi connectivity index (χ0) is 24.8. The molecule has 1 heterocycles. The van der Waals surface area contributed by atoms with Gasteiger partial charge in [0.15, 0.2) is 0 Å². The number of rotatable bonds is 6. The molecule has 3 amide bonds. The van der Waals surface area contributed by atoms with Crippen LogP contribution in [0.15, 0.2) is 36.4 Å². The van der Waals surface area contributed by atoms with Crippen molar-refractivity contribution in [2.45, 2.75) is 23.2 Å². The van der Waals surface area contributed by atoms with Gasteiger partial charge in [-0.1, -0.05) is 34.8 Å². The van der Waals surface area contributed by atoms with Crippen LogP contribution in [0.5, 0.6) is 0 Å². The highest BCUT2D eigenvalue weighted by atomic mass is 35.5. The molecule has 2 aliphatic rings. The number of carbonyl (C=O) groups is 3. The molecule has 4 rings (SSSR count). The number of benzene rings is 2. The predicted molar refractivity (Wildman–Crippen MR) is 132 cm³/mol. The molecular formula is C22H18Cl5N3O4. The lowest BCUT2D eigenvalue weighted by Crippen LogP contribution is -2.42. The van der Waals surface area contributed by atoms with Gasteiger partial charge in [0.05, 0.1) is 16.5 Å². The van der Waals surface area contributed by atoms with E-state index in [1.54, 1.807) is 25.1 Å². The Kier molecular flexibility index (Phi) is 7.25. The van der Waals surface area contributed by atoms with Crippen LogP contribution >= 0.6 is 58.0 Å². The first kappa shape index (κ1) is 25.4. The number of amides is 3. The summed E-state index contributed by atoms with van der Waals surface area (Å²) in [7, 11) is 0. The van der Waals surface area contributed by atoms with Gasteiger partial charge in [0.25, 0.3) is 11.8 Å². The zero-order valence-corrected chi connectivity index (χ0v) is 21.4. The molecule has 0 radical (unpaired) electrons. The van der Waals surface area contributed by atoms with Crippen molar-refractivity contribution in [2.75, 3.05) is 18.5 Å². The molecule has 2 N–H and O–H groups in total. The average molecular weight is 566 g/mol. The van der Waals surface area contributed by atoms with E-state index in [0.29, 0.717) is 27.8 Å². The molecule has 2 unspecified atom stereocenters. The molecule has 1 aliphatic carbocycles. The lowest BCUT2D eigenvalue weighted by molar-refractivity contribution is -0.160. The maximum Gasteiger partial charge on any atom is 0.271 e. The first-order valence-corrected chi connectivity index (χ1v) is 12.1. The molecule has 2 aromatic carbocycles. The van der Waals surface area contributed by atoms with E-state index in [2.05, 4.69) is 10.6 Å². The first-order chi connectivity index (χ1) is 16.0. The van der Waals surface area contributed by atoms with Gasteiger partial charge in [-0.25, -0.2) is 5.06 Å². The summed E-state index contributed by atoms with van der Waals surface area (Å²) < 4.78 is -1.35. The number of hydrogen-bond acceptors (Lipinski definition) is 4. The predicted octanol–water partition coefficient (Wildman–Crippen LogP) is 5.06. The number of hydroxylamine groups is 2. The van der Waals surface area contributed by atoms with Gasteiger partial charge in [-0.05, 0) is 48.9 Å². The number of carbonyl (C=O) groups excluding carboxylic acids is 3. The maximum absolute atomic E-state index is 13.0. The Morgan fingerprint density at radius 1 is 1.12 bits per heavy atom. The van der Waals surface area contributed by atoms with Crippen LogP contribution in [-0.2, 0) is 14.4 Å². The monoisotopic (exact) mass is 563 g/mol. The van der Waals surface area contributed by atoms with E-state index in [1.165, 1.54) is 23.3 Å². The lowest BCUT2D eigenvalue weighted by atomic mass is 10.1. The van der Waals surface area contributed by atoms with Gasteiger partial charge < -0.3 is 10.6 Å². The van der Waals surface area contributed by atoms with Crippen molar-refractivity contribution in [3.63, 3.8) is 0 Å². The van der Waals surface area contributed by atoms with Crippen molar-refractivity contribution in [2.24, 2.45) is 5.92 Å². The summed E-state index contributed by atoms with van der Waals surface area (Å²) in [5.41, 5.74) is 1.03. The topological polar surface area (TPSA) is 87.7 Å². The zero-order valence-electron chi connectivity index (χ0n) is 17.6. The fourth-order valence-corrected chi connectivity index (χ4v) is 5.45. The Labute approximate surface area is 220 Å². The van der Waals surface area contributed by atoms with Crippen molar-refractivity contribution in [3.8, 4) is 0 Å². The van der Waals surface area contributed by atoms with Gasteiger partial charge in [0.1, 0.15) is 17.0 Å². The second kappa shape index (κ2) is 9.72. The molecule has 3 atom stereocenters. The second-order valence-electron chi connectivity index (χ2n) is 7.87. The molecule has 0 aromatic heterocycles. The van der Waals surface area contributed by atoms with Gasteiger partial charge >= 0.3 is 0 Å². The largest absolute Gasteiger partial charge is 0.338 e. The molecule has 1 aliphatic heterocycles. The van der Waals surface area contributed by atoms with E-state index in [1.807, 2.05) is 0 Å². The van der Waals surface area contributed by atoms with E-state index in [0.717, 1.165) is 0 Å². The van der Waals surface area contributed by atoms with Gasteiger partial charge in [0, 0.05) is 28.2 Å². The summed E-state index contributed by atoms with van der Waals surface area (Å²) in [4.78, 5) is 43.1. The van der Waals surface area contributed by atoms with Crippen molar-refractivity contribution in [3.05, 3.63) is 62.6 Å². The van der Waals surface area contributed by atoms with Crippen molar-refractivity contribution in [1.82, 2.24) is 10.4 Å². The van der Waals surface area contributed by atoms with Crippen LogP contribution in [0.25, 0.3) is 0 Å². The van der Waals surface area contributed by atoms with Crippen molar-refractivity contribution < 1.29 is 19.2 Å². The summed E-state index contributed by atoms with van der Waals surface area (Å²) in [6, 6.07) is 8.47. The third-order valence-corrected chi connectivity index (χ3v) is 7.30.